The lowest BCUT2D eigenvalue weighted by Gasteiger charge is -2.33. The maximum Gasteiger partial charge on any atom is 0.192 e. The summed E-state index contributed by atoms with van der Waals surface area (Å²) in [6.45, 7) is 13.3. The van der Waals surface area contributed by atoms with Crippen molar-refractivity contribution in [1.29, 1.82) is 0 Å². The molecule has 1 atom stereocenters. The molecule has 0 N–H and O–H groups in total. The highest BCUT2D eigenvalue weighted by Crippen LogP contribution is 2.28. The normalized spacial score (nSPS) is 15.1. The van der Waals surface area contributed by atoms with Crippen molar-refractivity contribution in [3.05, 3.63) is 31.3 Å². The van der Waals surface area contributed by atoms with Crippen molar-refractivity contribution >= 4 is 48.3 Å². The first-order valence-electron chi connectivity index (χ1n) is 8.46. The maximum atomic E-state index is 6.78. The second-order valence-electron chi connectivity index (χ2n) is 6.06. The fourth-order valence-corrected chi connectivity index (χ4v) is 6.38. The van der Waals surface area contributed by atoms with Crippen LogP contribution in [0.1, 0.15) is 51.7 Å². The van der Waals surface area contributed by atoms with Crippen molar-refractivity contribution in [2.24, 2.45) is 0 Å². The predicted molar refractivity (Wildman–Crippen MR) is 115 cm³/mol. The van der Waals surface area contributed by atoms with Gasteiger partial charge in [-0.25, -0.2) is 4.98 Å². The number of halogens is 1. The van der Waals surface area contributed by atoms with Gasteiger partial charge in [-0.05, 0) is 83.1 Å². The van der Waals surface area contributed by atoms with Crippen LogP contribution in [0.25, 0.3) is 6.08 Å². The van der Waals surface area contributed by atoms with E-state index in [4.69, 9.17) is 4.43 Å². The summed E-state index contributed by atoms with van der Waals surface area (Å²) < 4.78 is 8.10. The predicted octanol–water partition coefficient (Wildman–Crippen LogP) is 6.97. The zero-order chi connectivity index (χ0) is 17.5. The molecule has 1 heterocycles. The van der Waals surface area contributed by atoms with Gasteiger partial charge in [0.2, 0.25) is 0 Å². The molecule has 0 aliphatic rings. The van der Waals surface area contributed by atoms with Crippen LogP contribution in [0.3, 0.4) is 0 Å². The maximum absolute atomic E-state index is 6.78. The molecule has 0 bridgehead atoms. The van der Waals surface area contributed by atoms with E-state index in [-0.39, 0.29) is 6.10 Å². The molecule has 0 saturated carbocycles. The highest BCUT2D eigenvalue weighted by atomic mass is 127. The summed E-state index contributed by atoms with van der Waals surface area (Å²) >= 11 is 4.08. The molecule has 0 radical (unpaired) electrons. The topological polar surface area (TPSA) is 22.1 Å². The quantitative estimate of drug-likeness (QED) is 0.291. The molecule has 0 aromatic carbocycles. The molecule has 0 unspecified atom stereocenters. The number of aromatic nitrogens is 1. The van der Waals surface area contributed by atoms with Gasteiger partial charge in [0.05, 0.1) is 16.8 Å². The van der Waals surface area contributed by atoms with E-state index < -0.39 is 8.32 Å². The summed E-state index contributed by atoms with van der Waals surface area (Å²) in [6.07, 6.45) is 5.61. The highest BCUT2D eigenvalue weighted by Gasteiger charge is 2.32. The van der Waals surface area contributed by atoms with E-state index in [0.717, 1.165) is 17.1 Å². The molecule has 0 aliphatic carbocycles. The minimum Gasteiger partial charge on any atom is -0.410 e. The van der Waals surface area contributed by atoms with E-state index in [1.54, 1.807) is 11.3 Å². The number of rotatable bonds is 9. The van der Waals surface area contributed by atoms with E-state index in [1.807, 2.05) is 0 Å². The van der Waals surface area contributed by atoms with Crippen molar-refractivity contribution in [3.8, 4) is 0 Å². The van der Waals surface area contributed by atoms with Gasteiger partial charge in [0.25, 0.3) is 0 Å². The lowest BCUT2D eigenvalue weighted by Crippen LogP contribution is -2.40. The molecule has 1 aromatic rings. The number of allylic oxidation sites excluding steroid dienone is 1. The van der Waals surface area contributed by atoms with Crippen molar-refractivity contribution in [1.82, 2.24) is 4.98 Å². The number of hydrogen-bond acceptors (Lipinski definition) is 3. The standard InChI is InChI=1S/C18H30INOSSi/c1-7-23(8-2,9-3)21-18(11-10-15(5)19)14(4)12-17-13-22-16(6)20-17/h10,12-13,18H,7-9,11H2,1-6H3/t18-/m1/s1. The second kappa shape index (κ2) is 10.1. The number of thiazole rings is 1. The first-order chi connectivity index (χ1) is 10.9. The largest absolute Gasteiger partial charge is 0.410 e. The molecule has 0 fully saturated rings. The average Bonchev–Trinajstić information content (AvgIpc) is 2.93. The zero-order valence-corrected chi connectivity index (χ0v) is 19.3. The van der Waals surface area contributed by atoms with Gasteiger partial charge in [-0.2, -0.15) is 0 Å². The van der Waals surface area contributed by atoms with Crippen LogP contribution in [-0.2, 0) is 4.43 Å². The minimum atomic E-state index is -1.62. The summed E-state index contributed by atoms with van der Waals surface area (Å²) in [5.41, 5.74) is 2.35. The van der Waals surface area contributed by atoms with Crippen LogP contribution in [0, 0.1) is 6.92 Å². The summed E-state index contributed by atoms with van der Waals surface area (Å²) in [5.74, 6) is 0. The van der Waals surface area contributed by atoms with Crippen LogP contribution >= 0.6 is 33.9 Å². The van der Waals surface area contributed by atoms with Crippen LogP contribution in [-0.4, -0.2) is 19.4 Å². The lowest BCUT2D eigenvalue weighted by atomic mass is 10.1. The molecule has 2 nitrogen and oxygen atoms in total. The molecular formula is C18H30INOSSi. The molecule has 0 amide bonds. The Balaban J connectivity index is 3.03. The Morgan fingerprint density at radius 3 is 2.35 bits per heavy atom. The molecule has 5 heteroatoms. The Morgan fingerprint density at radius 2 is 1.91 bits per heavy atom. The molecule has 0 aliphatic heterocycles. The Morgan fingerprint density at radius 1 is 1.30 bits per heavy atom. The molecular weight excluding hydrogens is 433 g/mol. The minimum absolute atomic E-state index is 0.174. The van der Waals surface area contributed by atoms with Crippen LogP contribution in [0.15, 0.2) is 20.6 Å². The van der Waals surface area contributed by atoms with Gasteiger partial charge in [0, 0.05) is 5.38 Å². The Bertz CT molecular complexity index is 537. The monoisotopic (exact) mass is 463 g/mol. The van der Waals surface area contributed by atoms with Gasteiger partial charge in [-0.15, -0.1) is 11.3 Å². The molecule has 1 aromatic heterocycles. The van der Waals surface area contributed by atoms with E-state index in [1.165, 1.54) is 27.3 Å². The van der Waals surface area contributed by atoms with E-state index >= 15 is 0 Å². The van der Waals surface area contributed by atoms with Crippen molar-refractivity contribution in [2.45, 2.75) is 72.2 Å². The first-order valence-corrected chi connectivity index (χ1v) is 12.9. The number of nitrogens with zero attached hydrogens (tertiary/aromatic N) is 1. The third-order valence-corrected chi connectivity index (χ3v) is 10.3. The lowest BCUT2D eigenvalue weighted by molar-refractivity contribution is 0.225. The Kier molecular flexibility index (Phi) is 9.26. The van der Waals surface area contributed by atoms with Crippen LogP contribution in [0.5, 0.6) is 0 Å². The summed E-state index contributed by atoms with van der Waals surface area (Å²) in [5, 5.41) is 3.24. The molecule has 1 rings (SSSR count). The van der Waals surface area contributed by atoms with Crippen molar-refractivity contribution in [2.75, 3.05) is 0 Å². The molecule has 23 heavy (non-hydrogen) atoms. The molecule has 0 spiro atoms. The van der Waals surface area contributed by atoms with E-state index in [2.05, 4.69) is 86.6 Å². The van der Waals surface area contributed by atoms with E-state index in [9.17, 15) is 0 Å². The molecule has 0 saturated heterocycles. The van der Waals surface area contributed by atoms with Gasteiger partial charge in [0.1, 0.15) is 0 Å². The average molecular weight is 464 g/mol. The van der Waals surface area contributed by atoms with Crippen LogP contribution < -0.4 is 0 Å². The van der Waals surface area contributed by atoms with Gasteiger partial charge in [-0.1, -0.05) is 26.8 Å². The van der Waals surface area contributed by atoms with Crippen molar-refractivity contribution in [3.63, 3.8) is 0 Å². The number of aryl methyl sites for hydroxylation is 1. The molecule has 130 valence electrons. The third-order valence-electron chi connectivity index (χ3n) is 4.46. The van der Waals surface area contributed by atoms with Crippen LogP contribution in [0.2, 0.25) is 18.1 Å². The van der Waals surface area contributed by atoms with Gasteiger partial charge in [0.15, 0.2) is 8.32 Å². The third kappa shape index (κ3) is 6.80. The van der Waals surface area contributed by atoms with E-state index in [0.29, 0.717) is 0 Å². The second-order valence-corrected chi connectivity index (χ2v) is 13.5. The van der Waals surface area contributed by atoms with Crippen LogP contribution in [0.4, 0.5) is 0 Å². The number of hydrogen-bond donors (Lipinski definition) is 0. The van der Waals surface area contributed by atoms with Crippen molar-refractivity contribution < 1.29 is 4.43 Å². The van der Waals surface area contributed by atoms with Gasteiger partial charge < -0.3 is 4.43 Å². The highest BCUT2D eigenvalue weighted by molar-refractivity contribution is 14.1. The van der Waals surface area contributed by atoms with Gasteiger partial charge in [-0.3, -0.25) is 0 Å². The first kappa shape index (κ1) is 21.1. The summed E-state index contributed by atoms with van der Waals surface area (Å²) in [7, 11) is -1.62. The summed E-state index contributed by atoms with van der Waals surface area (Å²) in [6, 6.07) is 3.56. The smallest absolute Gasteiger partial charge is 0.192 e. The fraction of sp³-hybridized carbons (Fsp3) is 0.611. The summed E-state index contributed by atoms with van der Waals surface area (Å²) in [4.78, 5) is 4.57. The fourth-order valence-electron chi connectivity index (χ4n) is 2.67. The Hall–Kier alpha value is 0.0169. The van der Waals surface area contributed by atoms with Gasteiger partial charge >= 0.3 is 0 Å². The zero-order valence-electron chi connectivity index (χ0n) is 15.3. The Labute approximate surface area is 160 Å². The SMILES string of the molecule is CC[Si](CC)(CC)O[C@H](CC=C(C)I)C(C)=Cc1csc(C)n1.